The number of hydrogen-bond donors (Lipinski definition) is 1. The Bertz CT molecular complexity index is 168. The highest BCUT2D eigenvalue weighted by Gasteiger charge is 2.27. The minimum atomic E-state index is 0.368. The van der Waals surface area contributed by atoms with Gasteiger partial charge in [0.1, 0.15) is 0 Å². The average Bonchev–Trinajstić information content (AvgIpc) is 2.92. The van der Waals surface area contributed by atoms with Gasteiger partial charge in [0, 0.05) is 12.6 Å². The molecule has 0 spiro atoms. The molecule has 0 aromatic rings. The van der Waals surface area contributed by atoms with Gasteiger partial charge in [0.05, 0.1) is 0 Å². The van der Waals surface area contributed by atoms with Crippen LogP contribution in [0.15, 0.2) is 0 Å². The molecule has 1 atom stereocenters. The Morgan fingerprint density at radius 2 is 2.00 bits per heavy atom. The van der Waals surface area contributed by atoms with E-state index in [1.165, 1.54) is 51.6 Å². The molecule has 1 unspecified atom stereocenters. The molecule has 1 N–H and O–H groups in total. The molecule has 1 heterocycles. The number of aliphatic hydroxyl groups is 1. The summed E-state index contributed by atoms with van der Waals surface area (Å²) in [6, 6.07) is 0.792. The minimum absolute atomic E-state index is 0.368. The van der Waals surface area contributed by atoms with Gasteiger partial charge in [0.15, 0.2) is 0 Å². The molecule has 2 aliphatic rings. The summed E-state index contributed by atoms with van der Waals surface area (Å²) in [5.41, 5.74) is 0. The van der Waals surface area contributed by atoms with Crippen molar-refractivity contribution in [3.8, 4) is 0 Å². The monoisotopic (exact) mass is 197 g/mol. The van der Waals surface area contributed by atoms with Gasteiger partial charge in [-0.1, -0.05) is 12.8 Å². The first-order valence-corrected chi connectivity index (χ1v) is 6.25. The lowest BCUT2D eigenvalue weighted by molar-refractivity contribution is 0.212. The van der Waals surface area contributed by atoms with Crippen molar-refractivity contribution in [2.45, 2.75) is 51.0 Å². The van der Waals surface area contributed by atoms with Crippen molar-refractivity contribution < 1.29 is 5.11 Å². The molecule has 0 radical (unpaired) electrons. The Morgan fingerprint density at radius 1 is 1.14 bits per heavy atom. The van der Waals surface area contributed by atoms with Crippen LogP contribution < -0.4 is 0 Å². The van der Waals surface area contributed by atoms with Gasteiger partial charge in [-0.2, -0.15) is 0 Å². The van der Waals surface area contributed by atoms with E-state index in [2.05, 4.69) is 4.90 Å². The van der Waals surface area contributed by atoms with Crippen molar-refractivity contribution >= 4 is 0 Å². The highest BCUT2D eigenvalue weighted by atomic mass is 16.2. The van der Waals surface area contributed by atoms with Crippen LogP contribution in [0, 0.1) is 5.92 Å². The molecular weight excluding hydrogens is 174 g/mol. The summed E-state index contributed by atoms with van der Waals surface area (Å²) in [7, 11) is 0. The van der Waals surface area contributed by atoms with Crippen LogP contribution in [0.5, 0.6) is 0 Å². The minimum Gasteiger partial charge on any atom is -0.396 e. The van der Waals surface area contributed by atoms with Crippen LogP contribution in [0.3, 0.4) is 0 Å². The van der Waals surface area contributed by atoms with E-state index in [1.807, 2.05) is 0 Å². The van der Waals surface area contributed by atoms with E-state index in [-0.39, 0.29) is 0 Å². The molecule has 1 aliphatic heterocycles. The number of rotatable bonds is 6. The molecule has 82 valence electrons. The molecule has 2 nitrogen and oxygen atoms in total. The molecule has 2 fully saturated rings. The first-order valence-electron chi connectivity index (χ1n) is 6.25. The molecule has 0 amide bonds. The summed E-state index contributed by atoms with van der Waals surface area (Å²) in [5.74, 6) is 1.06. The van der Waals surface area contributed by atoms with Crippen LogP contribution in [0.2, 0.25) is 0 Å². The van der Waals surface area contributed by atoms with E-state index in [4.69, 9.17) is 5.11 Å². The van der Waals surface area contributed by atoms with Gasteiger partial charge in [-0.15, -0.1) is 0 Å². The van der Waals surface area contributed by atoms with Crippen molar-refractivity contribution in [1.82, 2.24) is 4.90 Å². The van der Waals surface area contributed by atoms with E-state index in [0.717, 1.165) is 18.4 Å². The van der Waals surface area contributed by atoms with Gasteiger partial charge in [0.25, 0.3) is 0 Å². The van der Waals surface area contributed by atoms with E-state index in [9.17, 15) is 0 Å². The van der Waals surface area contributed by atoms with Crippen molar-refractivity contribution in [3.05, 3.63) is 0 Å². The predicted molar refractivity (Wildman–Crippen MR) is 58.3 cm³/mol. The highest BCUT2D eigenvalue weighted by molar-refractivity contribution is 4.81. The summed E-state index contributed by atoms with van der Waals surface area (Å²) in [4.78, 5) is 2.66. The fourth-order valence-corrected chi connectivity index (χ4v) is 2.60. The predicted octanol–water partition coefficient (Wildman–Crippen LogP) is 2.02. The zero-order valence-corrected chi connectivity index (χ0v) is 9.12. The summed E-state index contributed by atoms with van der Waals surface area (Å²) < 4.78 is 0. The van der Waals surface area contributed by atoms with Crippen molar-refractivity contribution in [2.24, 2.45) is 5.92 Å². The van der Waals surface area contributed by atoms with Crippen molar-refractivity contribution in [1.29, 1.82) is 0 Å². The van der Waals surface area contributed by atoms with Gasteiger partial charge in [0.2, 0.25) is 0 Å². The summed E-state index contributed by atoms with van der Waals surface area (Å²) in [5, 5.41) is 8.82. The Labute approximate surface area is 87.3 Å². The molecule has 2 heteroatoms. The SMILES string of the molecule is OCCCC1CCCN1CCC1CC1. The molecule has 14 heavy (non-hydrogen) atoms. The number of nitrogens with zero attached hydrogens (tertiary/aromatic N) is 1. The van der Waals surface area contributed by atoms with Crippen LogP contribution in [0.4, 0.5) is 0 Å². The topological polar surface area (TPSA) is 23.5 Å². The van der Waals surface area contributed by atoms with Gasteiger partial charge in [-0.3, -0.25) is 0 Å². The molecule has 0 aromatic heterocycles. The highest BCUT2D eigenvalue weighted by Crippen LogP contribution is 2.33. The van der Waals surface area contributed by atoms with E-state index < -0.39 is 0 Å². The van der Waals surface area contributed by atoms with Crippen LogP contribution in [-0.4, -0.2) is 35.7 Å². The zero-order chi connectivity index (χ0) is 9.80. The van der Waals surface area contributed by atoms with Gasteiger partial charge < -0.3 is 10.0 Å². The fourth-order valence-electron chi connectivity index (χ4n) is 2.60. The van der Waals surface area contributed by atoms with Crippen molar-refractivity contribution in [2.75, 3.05) is 19.7 Å². The second-order valence-corrected chi connectivity index (χ2v) is 4.93. The smallest absolute Gasteiger partial charge is 0.0431 e. The molecule has 1 aliphatic carbocycles. The molecule has 1 saturated heterocycles. The van der Waals surface area contributed by atoms with E-state index in [1.54, 1.807) is 0 Å². The fraction of sp³-hybridized carbons (Fsp3) is 1.00. The number of aliphatic hydroxyl groups excluding tert-OH is 1. The largest absolute Gasteiger partial charge is 0.396 e. The van der Waals surface area contributed by atoms with Gasteiger partial charge in [-0.25, -0.2) is 0 Å². The first-order chi connectivity index (χ1) is 6.90. The zero-order valence-electron chi connectivity index (χ0n) is 9.12. The van der Waals surface area contributed by atoms with Crippen molar-refractivity contribution in [3.63, 3.8) is 0 Å². The number of likely N-dealkylation sites (tertiary alicyclic amines) is 1. The first kappa shape index (κ1) is 10.4. The summed E-state index contributed by atoms with van der Waals surface area (Å²) in [6.45, 7) is 3.00. The molecule has 1 saturated carbocycles. The van der Waals surface area contributed by atoms with Crippen LogP contribution >= 0.6 is 0 Å². The molecular formula is C12H23NO. The van der Waals surface area contributed by atoms with Gasteiger partial charge in [-0.05, 0) is 51.1 Å². The third-order valence-electron chi connectivity index (χ3n) is 3.72. The average molecular weight is 197 g/mol. The van der Waals surface area contributed by atoms with Crippen LogP contribution in [0.25, 0.3) is 0 Å². The lowest BCUT2D eigenvalue weighted by atomic mass is 10.1. The summed E-state index contributed by atoms with van der Waals surface area (Å²) >= 11 is 0. The lowest BCUT2D eigenvalue weighted by Gasteiger charge is -2.24. The third-order valence-corrected chi connectivity index (χ3v) is 3.72. The van der Waals surface area contributed by atoms with Crippen LogP contribution in [-0.2, 0) is 0 Å². The molecule has 0 bridgehead atoms. The maximum Gasteiger partial charge on any atom is 0.0431 e. The lowest BCUT2D eigenvalue weighted by Crippen LogP contribution is -2.30. The normalized spacial score (nSPS) is 28.5. The van der Waals surface area contributed by atoms with E-state index in [0.29, 0.717) is 6.61 Å². The Hall–Kier alpha value is -0.0800. The second kappa shape index (κ2) is 5.13. The van der Waals surface area contributed by atoms with E-state index >= 15 is 0 Å². The Balaban J connectivity index is 1.66. The standard InChI is InChI=1S/C12H23NO/c14-10-2-4-12-3-1-8-13(12)9-7-11-5-6-11/h11-12,14H,1-10H2. The quantitative estimate of drug-likeness (QED) is 0.704. The molecule has 2 rings (SSSR count). The third kappa shape index (κ3) is 2.96. The Morgan fingerprint density at radius 3 is 2.71 bits per heavy atom. The molecule has 0 aromatic carbocycles. The Kier molecular flexibility index (Phi) is 3.82. The maximum absolute atomic E-state index is 8.82. The second-order valence-electron chi connectivity index (χ2n) is 4.93. The number of hydrogen-bond acceptors (Lipinski definition) is 2. The van der Waals surface area contributed by atoms with Crippen LogP contribution in [0.1, 0.15) is 44.9 Å². The summed E-state index contributed by atoms with van der Waals surface area (Å²) in [6.07, 6.45) is 9.33. The maximum atomic E-state index is 8.82. The van der Waals surface area contributed by atoms with Gasteiger partial charge >= 0.3 is 0 Å².